The zero-order chi connectivity index (χ0) is 25.2. The highest BCUT2D eigenvalue weighted by molar-refractivity contribution is 6.06. The van der Waals surface area contributed by atoms with Crippen molar-refractivity contribution in [3.8, 4) is 0 Å². The van der Waals surface area contributed by atoms with E-state index in [9.17, 15) is 24.5 Å². The molecule has 0 bridgehead atoms. The van der Waals surface area contributed by atoms with Crippen LogP contribution in [0.1, 0.15) is 41.8 Å². The third-order valence-electron chi connectivity index (χ3n) is 5.62. The first-order valence-corrected chi connectivity index (χ1v) is 10.8. The number of hydrogen-bond donors (Lipinski definition) is 1. The minimum Gasteiger partial charge on any atom is -0.450 e. The molecule has 14 nitrogen and oxygen atoms in total. The summed E-state index contributed by atoms with van der Waals surface area (Å²) in [6.45, 7) is 8.32. The molecule has 0 spiro atoms. The minimum atomic E-state index is -0.702. The van der Waals surface area contributed by atoms with Crippen molar-refractivity contribution in [2.75, 3.05) is 38.1 Å². The van der Waals surface area contributed by atoms with Crippen LogP contribution >= 0.6 is 0 Å². The highest BCUT2D eigenvalue weighted by atomic mass is 16.6. The number of ether oxygens (including phenoxy) is 1. The van der Waals surface area contributed by atoms with Crippen molar-refractivity contribution >= 4 is 29.3 Å². The SMILES string of the molecule is CCOC(=O)N1CCN(C(=O)C(C)n2cc(NC(=O)c3c([N+](=O)[O-])c(C)nn3C)c(C)n2)CC1. The van der Waals surface area contributed by atoms with E-state index in [4.69, 9.17) is 4.74 Å². The molecule has 0 aliphatic carbocycles. The molecule has 0 radical (unpaired) electrons. The van der Waals surface area contributed by atoms with Crippen LogP contribution in [0.15, 0.2) is 6.20 Å². The highest BCUT2D eigenvalue weighted by Crippen LogP contribution is 2.25. The van der Waals surface area contributed by atoms with Crippen molar-refractivity contribution in [3.05, 3.63) is 33.4 Å². The largest absolute Gasteiger partial charge is 0.450 e. The number of nitrogens with one attached hydrogen (secondary N) is 1. The lowest BCUT2D eigenvalue weighted by molar-refractivity contribution is -0.385. The van der Waals surface area contributed by atoms with Crippen molar-refractivity contribution in [2.45, 2.75) is 33.7 Å². The van der Waals surface area contributed by atoms with Crippen LogP contribution in [0.25, 0.3) is 0 Å². The molecule has 1 unspecified atom stereocenters. The molecule has 3 rings (SSSR count). The Bertz CT molecular complexity index is 1110. The number of carbonyl (C=O) groups is 3. The second kappa shape index (κ2) is 9.89. The Labute approximate surface area is 195 Å². The van der Waals surface area contributed by atoms with E-state index in [1.54, 1.807) is 30.6 Å². The lowest BCUT2D eigenvalue weighted by Gasteiger charge is -2.35. The molecule has 1 saturated heterocycles. The summed E-state index contributed by atoms with van der Waals surface area (Å²) in [5, 5.41) is 22.3. The number of nitrogens with zero attached hydrogens (tertiary/aromatic N) is 7. The van der Waals surface area contributed by atoms with E-state index in [1.165, 1.54) is 24.9 Å². The van der Waals surface area contributed by atoms with Crippen LogP contribution in [0.4, 0.5) is 16.2 Å². The first-order valence-electron chi connectivity index (χ1n) is 10.8. The van der Waals surface area contributed by atoms with Gasteiger partial charge in [0.25, 0.3) is 5.91 Å². The molecule has 1 fully saturated rings. The number of aromatic nitrogens is 4. The third kappa shape index (κ3) is 4.84. The van der Waals surface area contributed by atoms with E-state index >= 15 is 0 Å². The van der Waals surface area contributed by atoms with Gasteiger partial charge in [-0.3, -0.25) is 29.1 Å². The number of nitro groups is 1. The van der Waals surface area contributed by atoms with E-state index in [0.717, 1.165) is 4.68 Å². The summed E-state index contributed by atoms with van der Waals surface area (Å²) in [6.07, 6.45) is 1.12. The van der Waals surface area contributed by atoms with Crippen molar-refractivity contribution in [3.63, 3.8) is 0 Å². The van der Waals surface area contributed by atoms with Crippen LogP contribution in [0, 0.1) is 24.0 Å². The van der Waals surface area contributed by atoms with Gasteiger partial charge in [-0.15, -0.1) is 0 Å². The Morgan fingerprint density at radius 1 is 1.15 bits per heavy atom. The van der Waals surface area contributed by atoms with Gasteiger partial charge in [0.2, 0.25) is 11.6 Å². The van der Waals surface area contributed by atoms with Gasteiger partial charge >= 0.3 is 11.8 Å². The molecule has 2 aromatic rings. The van der Waals surface area contributed by atoms with E-state index in [2.05, 4.69) is 15.5 Å². The lowest BCUT2D eigenvalue weighted by Crippen LogP contribution is -2.52. The molecule has 0 saturated carbocycles. The van der Waals surface area contributed by atoms with E-state index < -0.39 is 23.0 Å². The average molecular weight is 476 g/mol. The maximum absolute atomic E-state index is 13.0. The molecule has 3 heterocycles. The Kier molecular flexibility index (Phi) is 7.17. The summed E-state index contributed by atoms with van der Waals surface area (Å²) in [5.74, 6) is -0.881. The van der Waals surface area contributed by atoms with Crippen molar-refractivity contribution in [1.29, 1.82) is 0 Å². The smallest absolute Gasteiger partial charge is 0.409 e. The number of rotatable bonds is 6. The number of piperazine rings is 1. The summed E-state index contributed by atoms with van der Waals surface area (Å²) in [7, 11) is 1.45. The normalized spacial score (nSPS) is 14.6. The van der Waals surface area contributed by atoms with E-state index in [1.807, 2.05) is 0 Å². The highest BCUT2D eigenvalue weighted by Gasteiger charge is 2.31. The zero-order valence-electron chi connectivity index (χ0n) is 19.8. The van der Waals surface area contributed by atoms with Gasteiger partial charge in [-0.05, 0) is 27.7 Å². The Hall–Kier alpha value is -3.97. The number of amides is 3. The Morgan fingerprint density at radius 2 is 1.76 bits per heavy atom. The summed E-state index contributed by atoms with van der Waals surface area (Å²) < 4.78 is 7.59. The van der Waals surface area contributed by atoms with Crippen LogP contribution in [0.5, 0.6) is 0 Å². The number of carbonyl (C=O) groups excluding carboxylic acids is 3. The molecule has 184 valence electrons. The Morgan fingerprint density at radius 3 is 2.35 bits per heavy atom. The van der Waals surface area contributed by atoms with Crippen LogP contribution in [-0.2, 0) is 16.6 Å². The summed E-state index contributed by atoms with van der Waals surface area (Å²) in [6, 6.07) is -0.660. The molecule has 1 atom stereocenters. The molecular weight excluding hydrogens is 448 g/mol. The van der Waals surface area contributed by atoms with Gasteiger partial charge in [-0.2, -0.15) is 10.2 Å². The van der Waals surface area contributed by atoms with Gasteiger partial charge in [0.15, 0.2) is 0 Å². The second-order valence-corrected chi connectivity index (χ2v) is 7.91. The fraction of sp³-hybridized carbons (Fsp3) is 0.550. The summed E-state index contributed by atoms with van der Waals surface area (Å²) >= 11 is 0. The number of anilines is 1. The van der Waals surface area contributed by atoms with E-state index in [-0.39, 0.29) is 23.0 Å². The van der Waals surface area contributed by atoms with Gasteiger partial charge in [0.1, 0.15) is 11.7 Å². The van der Waals surface area contributed by atoms with Gasteiger partial charge in [-0.25, -0.2) is 4.79 Å². The molecule has 1 aliphatic rings. The summed E-state index contributed by atoms with van der Waals surface area (Å²) in [4.78, 5) is 51.6. The maximum atomic E-state index is 13.0. The van der Waals surface area contributed by atoms with Gasteiger partial charge in [0.05, 0.1) is 22.9 Å². The fourth-order valence-corrected chi connectivity index (χ4v) is 3.81. The number of aryl methyl sites for hydroxylation is 3. The van der Waals surface area contributed by atoms with Gasteiger partial charge in [0, 0.05) is 39.4 Å². The summed E-state index contributed by atoms with van der Waals surface area (Å²) in [5.41, 5.74) is 0.354. The lowest BCUT2D eigenvalue weighted by atomic mass is 10.2. The number of hydrogen-bond acceptors (Lipinski definition) is 8. The second-order valence-electron chi connectivity index (χ2n) is 7.91. The molecule has 14 heteroatoms. The quantitative estimate of drug-likeness (QED) is 0.482. The predicted molar refractivity (Wildman–Crippen MR) is 119 cm³/mol. The minimum absolute atomic E-state index is 0.132. The van der Waals surface area contributed by atoms with Gasteiger partial charge < -0.3 is 19.9 Å². The standard InChI is InChI=1S/C20H28N8O6/c1-6-34-20(31)26-9-7-25(8-10-26)19(30)14(4)27-11-15(12(2)23-27)21-18(29)17-16(28(32)33)13(3)22-24(17)5/h11,14H,6-10H2,1-5H3,(H,21,29). The predicted octanol–water partition coefficient (Wildman–Crippen LogP) is 1.26. The maximum Gasteiger partial charge on any atom is 0.409 e. The van der Waals surface area contributed by atoms with Crippen LogP contribution in [-0.4, -0.2) is 85.0 Å². The fourth-order valence-electron chi connectivity index (χ4n) is 3.81. The van der Waals surface area contributed by atoms with E-state index in [0.29, 0.717) is 44.2 Å². The third-order valence-corrected chi connectivity index (χ3v) is 5.62. The van der Waals surface area contributed by atoms with Crippen LogP contribution in [0.3, 0.4) is 0 Å². The van der Waals surface area contributed by atoms with Crippen molar-refractivity contribution in [2.24, 2.45) is 7.05 Å². The average Bonchev–Trinajstić information content (AvgIpc) is 3.31. The molecule has 2 aromatic heterocycles. The molecular formula is C20H28N8O6. The molecule has 0 aromatic carbocycles. The van der Waals surface area contributed by atoms with Crippen molar-refractivity contribution < 1.29 is 24.0 Å². The molecule has 3 amide bonds. The first-order chi connectivity index (χ1) is 16.0. The molecule has 34 heavy (non-hydrogen) atoms. The van der Waals surface area contributed by atoms with Crippen LogP contribution in [0.2, 0.25) is 0 Å². The molecule has 1 N–H and O–H groups in total. The zero-order valence-corrected chi connectivity index (χ0v) is 19.8. The first kappa shape index (κ1) is 24.7. The topological polar surface area (TPSA) is 158 Å². The monoisotopic (exact) mass is 476 g/mol. The van der Waals surface area contributed by atoms with Crippen molar-refractivity contribution in [1.82, 2.24) is 29.4 Å². The molecule has 1 aliphatic heterocycles. The van der Waals surface area contributed by atoms with Gasteiger partial charge in [-0.1, -0.05) is 0 Å². The Balaban J connectivity index is 1.69. The van der Waals surface area contributed by atoms with Crippen LogP contribution < -0.4 is 5.32 Å².